The predicted octanol–water partition coefficient (Wildman–Crippen LogP) is 3.39. The second kappa shape index (κ2) is 6.41. The van der Waals surface area contributed by atoms with Crippen LogP contribution in [0, 0.1) is 0 Å². The molecule has 3 heteroatoms. The highest BCUT2D eigenvalue weighted by Crippen LogP contribution is 2.31. The molecule has 0 aromatic carbocycles. The molecule has 1 aliphatic rings. The average molecular weight is 247 g/mol. The standard InChI is InChI=1S/C12H25NS2/c1-5-12(6-2,14-4)9-13-11-7-8-15-10(11)3/h10-11,13H,5-9H2,1-4H3. The summed E-state index contributed by atoms with van der Waals surface area (Å²) in [5.41, 5.74) is 0. The van der Waals surface area contributed by atoms with Gasteiger partial charge in [0.2, 0.25) is 0 Å². The Kier molecular flexibility index (Phi) is 5.86. The predicted molar refractivity (Wildman–Crippen MR) is 75.2 cm³/mol. The topological polar surface area (TPSA) is 12.0 Å². The molecule has 0 amide bonds. The molecule has 0 aromatic heterocycles. The van der Waals surface area contributed by atoms with Gasteiger partial charge in [0, 0.05) is 22.6 Å². The van der Waals surface area contributed by atoms with Crippen molar-refractivity contribution < 1.29 is 0 Å². The maximum atomic E-state index is 3.78. The average Bonchev–Trinajstić information content (AvgIpc) is 2.67. The third kappa shape index (κ3) is 3.57. The van der Waals surface area contributed by atoms with E-state index in [1.165, 1.54) is 31.6 Å². The molecule has 1 N–H and O–H groups in total. The van der Waals surface area contributed by atoms with Crippen molar-refractivity contribution >= 4 is 23.5 Å². The van der Waals surface area contributed by atoms with Crippen LogP contribution in [0.2, 0.25) is 0 Å². The van der Waals surface area contributed by atoms with E-state index in [2.05, 4.69) is 44.1 Å². The van der Waals surface area contributed by atoms with E-state index in [4.69, 9.17) is 0 Å². The van der Waals surface area contributed by atoms with Gasteiger partial charge in [-0.25, -0.2) is 0 Å². The molecule has 0 aromatic rings. The summed E-state index contributed by atoms with van der Waals surface area (Å²) in [5, 5.41) is 4.59. The Morgan fingerprint density at radius 2 is 2.07 bits per heavy atom. The molecule has 1 aliphatic heterocycles. The van der Waals surface area contributed by atoms with Crippen LogP contribution in [0.25, 0.3) is 0 Å². The van der Waals surface area contributed by atoms with Crippen LogP contribution in [-0.2, 0) is 0 Å². The molecule has 1 rings (SSSR count). The van der Waals surface area contributed by atoms with E-state index in [9.17, 15) is 0 Å². The molecular weight excluding hydrogens is 222 g/mol. The van der Waals surface area contributed by atoms with Crippen molar-refractivity contribution in [1.29, 1.82) is 0 Å². The van der Waals surface area contributed by atoms with E-state index in [1.807, 2.05) is 11.8 Å². The summed E-state index contributed by atoms with van der Waals surface area (Å²) in [7, 11) is 0. The largest absolute Gasteiger partial charge is 0.311 e. The van der Waals surface area contributed by atoms with E-state index in [0.29, 0.717) is 4.75 Å². The third-order valence-corrected chi connectivity index (χ3v) is 6.70. The SMILES string of the molecule is CCC(CC)(CNC1CCSC1C)SC. The molecule has 0 saturated carbocycles. The first-order valence-corrected chi connectivity index (χ1v) is 8.35. The third-order valence-electron chi connectivity index (χ3n) is 3.78. The first-order chi connectivity index (χ1) is 7.17. The van der Waals surface area contributed by atoms with Gasteiger partial charge in [-0.3, -0.25) is 0 Å². The van der Waals surface area contributed by atoms with Gasteiger partial charge in [-0.1, -0.05) is 20.8 Å². The number of rotatable bonds is 6. The zero-order valence-electron chi connectivity index (χ0n) is 10.5. The zero-order chi connectivity index (χ0) is 11.3. The van der Waals surface area contributed by atoms with Gasteiger partial charge in [0.1, 0.15) is 0 Å². The van der Waals surface area contributed by atoms with E-state index < -0.39 is 0 Å². The maximum absolute atomic E-state index is 3.78. The minimum atomic E-state index is 0.465. The smallest absolute Gasteiger partial charge is 0.0276 e. The zero-order valence-corrected chi connectivity index (χ0v) is 12.1. The molecule has 1 saturated heterocycles. The van der Waals surface area contributed by atoms with Gasteiger partial charge in [-0.2, -0.15) is 23.5 Å². The molecule has 1 nitrogen and oxygen atoms in total. The molecule has 2 atom stereocenters. The van der Waals surface area contributed by atoms with E-state index >= 15 is 0 Å². The van der Waals surface area contributed by atoms with Crippen molar-refractivity contribution in [3.05, 3.63) is 0 Å². The highest BCUT2D eigenvalue weighted by Gasteiger charge is 2.29. The fourth-order valence-electron chi connectivity index (χ4n) is 2.18. The second-order valence-electron chi connectivity index (χ2n) is 4.45. The molecule has 2 unspecified atom stereocenters. The summed E-state index contributed by atoms with van der Waals surface area (Å²) in [6, 6.07) is 0.750. The normalized spacial score (nSPS) is 27.2. The fourth-order valence-corrected chi connectivity index (χ4v) is 4.21. The van der Waals surface area contributed by atoms with Crippen molar-refractivity contribution in [2.75, 3.05) is 18.6 Å². The Morgan fingerprint density at radius 1 is 1.40 bits per heavy atom. The summed E-state index contributed by atoms with van der Waals surface area (Å²) in [5.74, 6) is 1.34. The van der Waals surface area contributed by atoms with Crippen LogP contribution in [0.5, 0.6) is 0 Å². The van der Waals surface area contributed by atoms with Crippen molar-refractivity contribution in [2.24, 2.45) is 0 Å². The van der Waals surface area contributed by atoms with Crippen molar-refractivity contribution in [1.82, 2.24) is 5.32 Å². The lowest BCUT2D eigenvalue weighted by Crippen LogP contribution is -2.43. The van der Waals surface area contributed by atoms with Crippen LogP contribution in [0.1, 0.15) is 40.0 Å². The Bertz CT molecular complexity index is 172. The molecule has 0 bridgehead atoms. The van der Waals surface area contributed by atoms with Crippen LogP contribution >= 0.6 is 23.5 Å². The van der Waals surface area contributed by atoms with Gasteiger partial charge >= 0.3 is 0 Å². The fraction of sp³-hybridized carbons (Fsp3) is 1.00. The van der Waals surface area contributed by atoms with E-state index in [1.54, 1.807) is 0 Å². The number of thioether (sulfide) groups is 2. The minimum Gasteiger partial charge on any atom is -0.311 e. The molecule has 0 aliphatic carbocycles. The Balaban J connectivity index is 2.39. The van der Waals surface area contributed by atoms with Crippen LogP contribution in [-0.4, -0.2) is 34.6 Å². The molecule has 1 heterocycles. The van der Waals surface area contributed by atoms with Gasteiger partial charge in [-0.05, 0) is 31.3 Å². The molecule has 0 radical (unpaired) electrons. The first-order valence-electron chi connectivity index (χ1n) is 6.07. The molecular formula is C12H25NS2. The number of hydrogen-bond donors (Lipinski definition) is 1. The molecule has 0 spiro atoms. The molecule has 15 heavy (non-hydrogen) atoms. The Hall–Kier alpha value is 0.660. The summed E-state index contributed by atoms with van der Waals surface area (Å²) in [4.78, 5) is 0. The Morgan fingerprint density at radius 3 is 2.47 bits per heavy atom. The van der Waals surface area contributed by atoms with Crippen LogP contribution in [0.4, 0.5) is 0 Å². The minimum absolute atomic E-state index is 0.465. The van der Waals surface area contributed by atoms with Gasteiger partial charge in [0.25, 0.3) is 0 Å². The quantitative estimate of drug-likeness (QED) is 0.773. The van der Waals surface area contributed by atoms with E-state index in [-0.39, 0.29) is 0 Å². The molecule has 90 valence electrons. The maximum Gasteiger partial charge on any atom is 0.0276 e. The van der Waals surface area contributed by atoms with Gasteiger partial charge in [0.05, 0.1) is 0 Å². The van der Waals surface area contributed by atoms with E-state index in [0.717, 1.165) is 11.3 Å². The second-order valence-corrected chi connectivity index (χ2v) is 7.21. The lowest BCUT2D eigenvalue weighted by Gasteiger charge is -2.32. The Labute approximate surface area is 104 Å². The summed E-state index contributed by atoms with van der Waals surface area (Å²) >= 11 is 4.14. The summed E-state index contributed by atoms with van der Waals surface area (Å²) in [6.07, 6.45) is 6.14. The highest BCUT2D eigenvalue weighted by molar-refractivity contribution is 8.00. The van der Waals surface area contributed by atoms with Crippen molar-refractivity contribution in [2.45, 2.75) is 56.1 Å². The van der Waals surface area contributed by atoms with Crippen LogP contribution < -0.4 is 5.32 Å². The summed E-state index contributed by atoms with van der Waals surface area (Å²) in [6.45, 7) is 8.16. The lowest BCUT2D eigenvalue weighted by molar-refractivity contribution is 0.437. The van der Waals surface area contributed by atoms with Crippen molar-refractivity contribution in [3.8, 4) is 0 Å². The van der Waals surface area contributed by atoms with Crippen LogP contribution in [0.3, 0.4) is 0 Å². The van der Waals surface area contributed by atoms with Crippen molar-refractivity contribution in [3.63, 3.8) is 0 Å². The first kappa shape index (κ1) is 13.7. The number of hydrogen-bond acceptors (Lipinski definition) is 3. The monoisotopic (exact) mass is 247 g/mol. The van der Waals surface area contributed by atoms with Gasteiger partial charge in [0.15, 0.2) is 0 Å². The highest BCUT2D eigenvalue weighted by atomic mass is 32.2. The number of nitrogens with one attached hydrogen (secondary N) is 1. The van der Waals surface area contributed by atoms with Gasteiger partial charge < -0.3 is 5.32 Å². The summed E-state index contributed by atoms with van der Waals surface area (Å²) < 4.78 is 0.465. The molecule has 1 fully saturated rings. The van der Waals surface area contributed by atoms with Crippen LogP contribution in [0.15, 0.2) is 0 Å². The van der Waals surface area contributed by atoms with Gasteiger partial charge in [-0.15, -0.1) is 0 Å². The lowest BCUT2D eigenvalue weighted by atomic mass is 10.0.